The van der Waals surface area contributed by atoms with E-state index in [4.69, 9.17) is 0 Å². The summed E-state index contributed by atoms with van der Waals surface area (Å²) in [4.78, 5) is 0. The van der Waals surface area contributed by atoms with Crippen molar-refractivity contribution >= 4 is 0 Å². The van der Waals surface area contributed by atoms with Crippen LogP contribution in [0.4, 0.5) is 0 Å². The fourth-order valence-electron chi connectivity index (χ4n) is 3.90. The molecule has 0 amide bonds. The Morgan fingerprint density at radius 1 is 1.31 bits per heavy atom. The summed E-state index contributed by atoms with van der Waals surface area (Å²) in [6, 6.07) is 0.779. The standard InChI is InChI=1S/C11H19NO/c1-6(13)5-12-11-9-7-2-3-8(4-7)10(9)11/h6-13H,2-5H2,1H3/t6-,7?,8?,9?,10?,11?/m1/s1. The highest BCUT2D eigenvalue weighted by atomic mass is 16.3. The second-order valence-electron chi connectivity index (χ2n) is 5.27. The first kappa shape index (κ1) is 8.25. The van der Waals surface area contributed by atoms with E-state index in [2.05, 4.69) is 5.32 Å². The van der Waals surface area contributed by atoms with E-state index in [0.29, 0.717) is 0 Å². The fraction of sp³-hybridized carbons (Fsp3) is 1.00. The summed E-state index contributed by atoms with van der Waals surface area (Å²) in [7, 11) is 0. The number of aliphatic hydroxyl groups is 1. The van der Waals surface area contributed by atoms with Crippen LogP contribution >= 0.6 is 0 Å². The third kappa shape index (κ3) is 1.15. The zero-order valence-corrected chi connectivity index (χ0v) is 8.24. The van der Waals surface area contributed by atoms with E-state index in [0.717, 1.165) is 36.3 Å². The predicted molar refractivity (Wildman–Crippen MR) is 51.3 cm³/mol. The van der Waals surface area contributed by atoms with E-state index in [1.54, 1.807) is 0 Å². The van der Waals surface area contributed by atoms with Gasteiger partial charge in [-0.25, -0.2) is 0 Å². The Labute approximate surface area is 79.7 Å². The second kappa shape index (κ2) is 2.71. The molecule has 2 heteroatoms. The lowest BCUT2D eigenvalue weighted by Gasteiger charge is -2.11. The Hall–Kier alpha value is -0.0800. The van der Waals surface area contributed by atoms with Crippen LogP contribution < -0.4 is 5.32 Å². The average molecular weight is 181 g/mol. The highest BCUT2D eigenvalue weighted by Gasteiger charge is 2.64. The maximum atomic E-state index is 9.18. The number of hydrogen-bond acceptors (Lipinski definition) is 2. The monoisotopic (exact) mass is 181 g/mol. The van der Waals surface area contributed by atoms with Crippen LogP contribution in [0.1, 0.15) is 26.2 Å². The van der Waals surface area contributed by atoms with Crippen molar-refractivity contribution in [1.29, 1.82) is 0 Å². The molecule has 3 aliphatic rings. The smallest absolute Gasteiger partial charge is 0.0636 e. The van der Waals surface area contributed by atoms with Gasteiger partial charge in [-0.05, 0) is 49.9 Å². The maximum absolute atomic E-state index is 9.18. The summed E-state index contributed by atoms with van der Waals surface area (Å²) in [6.45, 7) is 2.65. The quantitative estimate of drug-likeness (QED) is 0.681. The molecule has 74 valence electrons. The van der Waals surface area contributed by atoms with E-state index in [1.807, 2.05) is 6.92 Å². The minimum absolute atomic E-state index is 0.182. The van der Waals surface area contributed by atoms with Crippen LogP contribution in [0.3, 0.4) is 0 Å². The Bertz CT molecular complexity index is 200. The van der Waals surface area contributed by atoms with Crippen molar-refractivity contribution < 1.29 is 5.11 Å². The summed E-state index contributed by atoms with van der Waals surface area (Å²) < 4.78 is 0. The minimum atomic E-state index is -0.182. The van der Waals surface area contributed by atoms with Gasteiger partial charge in [0.25, 0.3) is 0 Å². The van der Waals surface area contributed by atoms with Gasteiger partial charge in [0, 0.05) is 12.6 Å². The highest BCUT2D eigenvalue weighted by molar-refractivity contribution is 5.16. The summed E-state index contributed by atoms with van der Waals surface area (Å²) in [5.74, 6) is 4.08. The highest BCUT2D eigenvalue weighted by Crippen LogP contribution is 2.65. The SMILES string of the molecule is C[C@@H](O)CNC1C2C3CCC(C3)C12. The molecule has 2 bridgehead atoms. The zero-order chi connectivity index (χ0) is 9.00. The van der Waals surface area contributed by atoms with Gasteiger partial charge >= 0.3 is 0 Å². The van der Waals surface area contributed by atoms with Crippen molar-refractivity contribution in [1.82, 2.24) is 5.32 Å². The third-order valence-corrected chi connectivity index (χ3v) is 4.38. The molecule has 5 atom stereocenters. The van der Waals surface area contributed by atoms with Crippen LogP contribution in [-0.2, 0) is 0 Å². The number of fused-ring (bicyclic) bond motifs is 5. The van der Waals surface area contributed by atoms with Crippen LogP contribution in [0.15, 0.2) is 0 Å². The number of hydrogen-bond donors (Lipinski definition) is 2. The molecule has 2 nitrogen and oxygen atoms in total. The van der Waals surface area contributed by atoms with Gasteiger partial charge in [0.15, 0.2) is 0 Å². The first-order chi connectivity index (χ1) is 6.27. The van der Waals surface area contributed by atoms with E-state index in [-0.39, 0.29) is 6.10 Å². The van der Waals surface area contributed by atoms with Gasteiger partial charge in [-0.15, -0.1) is 0 Å². The molecule has 0 spiro atoms. The Kier molecular flexibility index (Phi) is 1.72. The number of nitrogens with one attached hydrogen (secondary N) is 1. The Morgan fingerprint density at radius 3 is 2.46 bits per heavy atom. The topological polar surface area (TPSA) is 32.3 Å². The maximum Gasteiger partial charge on any atom is 0.0636 e. The Balaban J connectivity index is 1.55. The predicted octanol–water partition coefficient (Wildman–Crippen LogP) is 1.00. The molecule has 3 fully saturated rings. The first-order valence-electron chi connectivity index (χ1n) is 5.69. The van der Waals surface area contributed by atoms with E-state index in [9.17, 15) is 5.11 Å². The van der Waals surface area contributed by atoms with E-state index in [1.165, 1.54) is 19.3 Å². The summed E-state index contributed by atoms with van der Waals surface area (Å²) in [5.41, 5.74) is 0. The molecule has 3 aliphatic carbocycles. The average Bonchev–Trinajstić information content (AvgIpc) is 2.51. The largest absolute Gasteiger partial charge is 0.392 e. The fourth-order valence-corrected chi connectivity index (χ4v) is 3.90. The molecule has 2 N–H and O–H groups in total. The molecule has 0 aromatic heterocycles. The third-order valence-electron chi connectivity index (χ3n) is 4.38. The van der Waals surface area contributed by atoms with Gasteiger partial charge in [0.2, 0.25) is 0 Å². The van der Waals surface area contributed by atoms with Gasteiger partial charge in [-0.1, -0.05) is 0 Å². The molecule has 0 radical (unpaired) electrons. The van der Waals surface area contributed by atoms with Gasteiger partial charge in [0.05, 0.1) is 6.10 Å². The van der Waals surface area contributed by atoms with Crippen LogP contribution in [0, 0.1) is 23.7 Å². The molecular weight excluding hydrogens is 162 g/mol. The summed E-state index contributed by atoms with van der Waals surface area (Å²) in [5, 5.41) is 12.7. The van der Waals surface area contributed by atoms with Crippen LogP contribution in [0.5, 0.6) is 0 Å². The molecule has 0 heterocycles. The van der Waals surface area contributed by atoms with Gasteiger partial charge < -0.3 is 10.4 Å². The number of aliphatic hydroxyl groups excluding tert-OH is 1. The van der Waals surface area contributed by atoms with Crippen LogP contribution in [-0.4, -0.2) is 23.8 Å². The molecular formula is C11H19NO. The normalized spacial score (nSPS) is 53.5. The number of rotatable bonds is 3. The Morgan fingerprint density at radius 2 is 1.92 bits per heavy atom. The van der Waals surface area contributed by atoms with Crippen LogP contribution in [0.2, 0.25) is 0 Å². The molecule has 3 saturated carbocycles. The van der Waals surface area contributed by atoms with Crippen molar-refractivity contribution in [2.75, 3.05) is 6.54 Å². The zero-order valence-electron chi connectivity index (χ0n) is 8.24. The van der Waals surface area contributed by atoms with Crippen molar-refractivity contribution in [3.8, 4) is 0 Å². The van der Waals surface area contributed by atoms with Crippen molar-refractivity contribution in [3.05, 3.63) is 0 Å². The molecule has 0 saturated heterocycles. The lowest BCUT2D eigenvalue weighted by Crippen LogP contribution is -2.29. The molecule has 3 rings (SSSR count). The molecule has 0 aromatic rings. The summed E-state index contributed by atoms with van der Waals surface area (Å²) >= 11 is 0. The van der Waals surface area contributed by atoms with Crippen LogP contribution in [0.25, 0.3) is 0 Å². The summed E-state index contributed by atoms with van der Waals surface area (Å²) in [6.07, 6.45) is 4.30. The molecule has 0 aliphatic heterocycles. The van der Waals surface area contributed by atoms with E-state index >= 15 is 0 Å². The second-order valence-corrected chi connectivity index (χ2v) is 5.27. The molecule has 0 aromatic carbocycles. The minimum Gasteiger partial charge on any atom is -0.392 e. The molecule has 13 heavy (non-hydrogen) atoms. The van der Waals surface area contributed by atoms with Crippen molar-refractivity contribution in [2.24, 2.45) is 23.7 Å². The van der Waals surface area contributed by atoms with Crippen molar-refractivity contribution in [3.63, 3.8) is 0 Å². The lowest BCUT2D eigenvalue weighted by atomic mass is 10.0. The first-order valence-corrected chi connectivity index (χ1v) is 5.69. The van der Waals surface area contributed by atoms with E-state index < -0.39 is 0 Å². The van der Waals surface area contributed by atoms with Crippen molar-refractivity contribution in [2.45, 2.75) is 38.3 Å². The van der Waals surface area contributed by atoms with Gasteiger partial charge in [0.1, 0.15) is 0 Å². The molecule has 4 unspecified atom stereocenters. The van der Waals surface area contributed by atoms with Gasteiger partial charge in [-0.3, -0.25) is 0 Å². The lowest BCUT2D eigenvalue weighted by molar-refractivity contribution is 0.188. The van der Waals surface area contributed by atoms with Gasteiger partial charge in [-0.2, -0.15) is 0 Å².